The topological polar surface area (TPSA) is 90.2 Å². The Balaban J connectivity index is 1.10. The van der Waals surface area contributed by atoms with Gasteiger partial charge < -0.3 is 14.8 Å². The number of aryl methyl sites for hydroxylation is 4. The van der Waals surface area contributed by atoms with E-state index in [9.17, 15) is 0 Å². The second kappa shape index (κ2) is 11.2. The molecule has 210 valence electrons. The molecule has 1 N–H and O–H groups in total. The quantitative estimate of drug-likeness (QED) is 0.270. The van der Waals surface area contributed by atoms with Crippen molar-refractivity contribution in [3.05, 3.63) is 77.1 Å². The number of anilines is 2. The number of morpholine rings is 1. The van der Waals surface area contributed by atoms with Crippen LogP contribution in [0.2, 0.25) is 0 Å². The van der Waals surface area contributed by atoms with Crippen LogP contribution in [0.4, 0.5) is 11.5 Å². The number of nitrogens with zero attached hydrogens (tertiary/aromatic N) is 6. The van der Waals surface area contributed by atoms with E-state index in [2.05, 4.69) is 49.0 Å². The van der Waals surface area contributed by atoms with Gasteiger partial charge in [-0.3, -0.25) is 14.6 Å². The van der Waals surface area contributed by atoms with Crippen LogP contribution in [0, 0.1) is 13.8 Å². The van der Waals surface area contributed by atoms with Gasteiger partial charge in [-0.25, -0.2) is 9.97 Å². The van der Waals surface area contributed by atoms with Crippen LogP contribution in [0.1, 0.15) is 28.2 Å². The SMILES string of the molecule is Cc1cccc(COc2ccc(Nc3ncnc4sc5c(c34)CCc3nn(CCN4CCOCC4)cc3-5)cc2C)n1. The smallest absolute Gasteiger partial charge is 0.142 e. The highest BCUT2D eigenvalue weighted by molar-refractivity contribution is 7.22. The first-order valence-electron chi connectivity index (χ1n) is 14.2. The molecule has 0 atom stereocenters. The Morgan fingerprint density at radius 1 is 1.05 bits per heavy atom. The van der Waals surface area contributed by atoms with Gasteiger partial charge in [0.25, 0.3) is 0 Å². The number of pyridine rings is 1. The van der Waals surface area contributed by atoms with Gasteiger partial charge in [-0.2, -0.15) is 5.10 Å². The van der Waals surface area contributed by atoms with Gasteiger partial charge in [0.2, 0.25) is 0 Å². The summed E-state index contributed by atoms with van der Waals surface area (Å²) in [5.74, 6) is 1.69. The summed E-state index contributed by atoms with van der Waals surface area (Å²) in [5, 5.41) is 9.63. The van der Waals surface area contributed by atoms with Crippen molar-refractivity contribution in [1.29, 1.82) is 0 Å². The molecule has 7 rings (SSSR count). The van der Waals surface area contributed by atoms with E-state index < -0.39 is 0 Å². The summed E-state index contributed by atoms with van der Waals surface area (Å²) < 4.78 is 13.7. The van der Waals surface area contributed by atoms with E-state index in [1.54, 1.807) is 17.7 Å². The lowest BCUT2D eigenvalue weighted by atomic mass is 9.95. The molecule has 10 heteroatoms. The first-order valence-corrected chi connectivity index (χ1v) is 15.0. The van der Waals surface area contributed by atoms with Crippen LogP contribution in [0.3, 0.4) is 0 Å². The van der Waals surface area contributed by atoms with Gasteiger partial charge in [0.15, 0.2) is 0 Å². The first-order chi connectivity index (χ1) is 20.1. The molecule has 0 radical (unpaired) electrons. The van der Waals surface area contributed by atoms with Crippen molar-refractivity contribution in [2.75, 3.05) is 38.2 Å². The fourth-order valence-electron chi connectivity index (χ4n) is 5.66. The Kier molecular flexibility index (Phi) is 7.12. The predicted octanol–water partition coefficient (Wildman–Crippen LogP) is 5.32. The van der Waals surface area contributed by atoms with Crippen LogP contribution < -0.4 is 10.1 Å². The molecule has 0 bridgehead atoms. The minimum absolute atomic E-state index is 0.439. The molecule has 0 amide bonds. The molecule has 0 spiro atoms. The zero-order valence-corrected chi connectivity index (χ0v) is 24.2. The molecule has 0 unspecified atom stereocenters. The zero-order valence-electron chi connectivity index (χ0n) is 23.4. The average Bonchev–Trinajstić information content (AvgIpc) is 3.58. The maximum atomic E-state index is 6.07. The molecule has 1 saturated heterocycles. The summed E-state index contributed by atoms with van der Waals surface area (Å²) in [4.78, 5) is 18.6. The van der Waals surface area contributed by atoms with E-state index in [4.69, 9.17) is 14.6 Å². The van der Waals surface area contributed by atoms with E-state index in [1.165, 1.54) is 21.7 Å². The third-order valence-corrected chi connectivity index (χ3v) is 8.96. The van der Waals surface area contributed by atoms with Gasteiger partial charge in [0, 0.05) is 47.7 Å². The standard InChI is InChI=1S/C31H33N7O2S/c1-20-16-22(6-9-27(20)40-18-23-5-3-4-21(2)34-23)35-30-28-24-7-8-26-25(29(24)41-31(28)33-19-32-30)17-38(36-26)11-10-37-12-14-39-15-13-37/h3-6,9,16-17,19H,7-8,10-15,18H2,1-2H3,(H,32,33,35). The maximum absolute atomic E-state index is 6.07. The normalized spacial score (nSPS) is 15.1. The third kappa shape index (κ3) is 5.42. The number of rotatable bonds is 8. The van der Waals surface area contributed by atoms with Crippen molar-refractivity contribution in [2.45, 2.75) is 39.8 Å². The maximum Gasteiger partial charge on any atom is 0.142 e. The molecule has 0 saturated carbocycles. The van der Waals surface area contributed by atoms with Crippen molar-refractivity contribution in [3.63, 3.8) is 0 Å². The van der Waals surface area contributed by atoms with Crippen LogP contribution in [-0.2, 0) is 30.7 Å². The molecule has 2 aliphatic rings. The molecule has 1 fully saturated rings. The summed E-state index contributed by atoms with van der Waals surface area (Å²) >= 11 is 1.74. The van der Waals surface area contributed by atoms with Gasteiger partial charge in [-0.15, -0.1) is 11.3 Å². The summed E-state index contributed by atoms with van der Waals surface area (Å²) in [6.45, 7) is 10.0. The van der Waals surface area contributed by atoms with Crippen molar-refractivity contribution in [2.24, 2.45) is 0 Å². The van der Waals surface area contributed by atoms with Gasteiger partial charge in [-0.05, 0) is 68.1 Å². The highest BCUT2D eigenvalue weighted by atomic mass is 32.1. The first kappa shape index (κ1) is 26.1. The van der Waals surface area contributed by atoms with Gasteiger partial charge in [-0.1, -0.05) is 6.07 Å². The highest BCUT2D eigenvalue weighted by Crippen LogP contribution is 2.45. The number of benzene rings is 1. The van der Waals surface area contributed by atoms with Crippen LogP contribution in [-0.4, -0.2) is 62.5 Å². The number of ether oxygens (including phenoxy) is 2. The van der Waals surface area contributed by atoms with Gasteiger partial charge in [0.1, 0.15) is 29.3 Å². The van der Waals surface area contributed by atoms with Crippen molar-refractivity contribution in [3.8, 4) is 16.2 Å². The Morgan fingerprint density at radius 2 is 1.95 bits per heavy atom. The summed E-state index contributed by atoms with van der Waals surface area (Å²) in [5.41, 5.74) is 7.66. The Morgan fingerprint density at radius 3 is 2.80 bits per heavy atom. The molecule has 41 heavy (non-hydrogen) atoms. The average molecular weight is 568 g/mol. The lowest BCUT2D eigenvalue weighted by molar-refractivity contribution is 0.0359. The monoisotopic (exact) mass is 567 g/mol. The van der Waals surface area contributed by atoms with Crippen LogP contribution >= 0.6 is 11.3 Å². The summed E-state index contributed by atoms with van der Waals surface area (Å²) in [6, 6.07) is 12.1. The van der Waals surface area contributed by atoms with Crippen LogP contribution in [0.5, 0.6) is 5.75 Å². The molecular weight excluding hydrogens is 534 g/mol. The molecule has 5 heterocycles. The van der Waals surface area contributed by atoms with E-state index >= 15 is 0 Å². The number of hydrogen-bond acceptors (Lipinski definition) is 9. The molecule has 9 nitrogen and oxygen atoms in total. The minimum atomic E-state index is 0.439. The predicted molar refractivity (Wildman–Crippen MR) is 161 cm³/mol. The largest absolute Gasteiger partial charge is 0.487 e. The molecule has 1 aromatic carbocycles. The van der Waals surface area contributed by atoms with Crippen LogP contribution in [0.25, 0.3) is 20.7 Å². The highest BCUT2D eigenvalue weighted by Gasteiger charge is 2.26. The number of fused-ring (bicyclic) bond motifs is 5. The molecule has 1 aliphatic carbocycles. The molecular formula is C31H33N7O2S. The van der Waals surface area contributed by atoms with E-state index in [-0.39, 0.29) is 0 Å². The fourth-order valence-corrected chi connectivity index (χ4v) is 6.88. The lowest BCUT2D eigenvalue weighted by Gasteiger charge is -2.26. The van der Waals surface area contributed by atoms with E-state index in [0.29, 0.717) is 6.61 Å². The lowest BCUT2D eigenvalue weighted by Crippen LogP contribution is -2.38. The van der Waals surface area contributed by atoms with E-state index in [1.807, 2.05) is 37.3 Å². The Hall–Kier alpha value is -3.86. The number of aromatic nitrogens is 5. The Labute approximate surface area is 243 Å². The van der Waals surface area contributed by atoms with Crippen LogP contribution in [0.15, 0.2) is 48.9 Å². The summed E-state index contributed by atoms with van der Waals surface area (Å²) in [6.07, 6.45) is 5.73. The number of nitrogens with one attached hydrogen (secondary N) is 1. The second-order valence-electron chi connectivity index (χ2n) is 10.7. The fraction of sp³-hybridized carbons (Fsp3) is 0.355. The van der Waals surface area contributed by atoms with Gasteiger partial charge in [0.05, 0.1) is 36.5 Å². The number of thiophene rings is 1. The van der Waals surface area contributed by atoms with Crippen molar-refractivity contribution >= 4 is 33.1 Å². The zero-order chi connectivity index (χ0) is 27.8. The van der Waals surface area contributed by atoms with Crippen molar-refractivity contribution in [1.82, 2.24) is 29.6 Å². The summed E-state index contributed by atoms with van der Waals surface area (Å²) in [7, 11) is 0. The minimum Gasteiger partial charge on any atom is -0.487 e. The Bertz CT molecular complexity index is 1710. The molecule has 1 aliphatic heterocycles. The molecule has 5 aromatic rings. The molecule has 4 aromatic heterocycles. The second-order valence-corrected chi connectivity index (χ2v) is 11.7. The third-order valence-electron chi connectivity index (χ3n) is 7.79. The van der Waals surface area contributed by atoms with Gasteiger partial charge >= 0.3 is 0 Å². The number of hydrogen-bond donors (Lipinski definition) is 1. The van der Waals surface area contributed by atoms with E-state index in [0.717, 1.165) is 96.7 Å². The van der Waals surface area contributed by atoms with Crippen molar-refractivity contribution < 1.29 is 9.47 Å².